The summed E-state index contributed by atoms with van der Waals surface area (Å²) >= 11 is 1.72. The summed E-state index contributed by atoms with van der Waals surface area (Å²) in [5.41, 5.74) is 1.11. The van der Waals surface area contributed by atoms with Gasteiger partial charge in [-0.2, -0.15) is 11.8 Å². The number of thioether (sulfide) groups is 1. The fraction of sp³-hybridized carbons (Fsp3) is 0.294. The summed E-state index contributed by atoms with van der Waals surface area (Å²) < 4.78 is 0. The summed E-state index contributed by atoms with van der Waals surface area (Å²) in [7, 11) is 0. The van der Waals surface area contributed by atoms with Gasteiger partial charge in [-0.15, -0.1) is 0 Å². The summed E-state index contributed by atoms with van der Waals surface area (Å²) in [5.74, 6) is 1.45. The van der Waals surface area contributed by atoms with Gasteiger partial charge < -0.3 is 10.4 Å². The molecule has 0 saturated carbocycles. The van der Waals surface area contributed by atoms with Gasteiger partial charge in [-0.25, -0.2) is 0 Å². The van der Waals surface area contributed by atoms with E-state index in [9.17, 15) is 9.90 Å². The minimum absolute atomic E-state index is 0.189. The maximum atomic E-state index is 11.9. The van der Waals surface area contributed by atoms with E-state index in [2.05, 4.69) is 10.3 Å². The van der Waals surface area contributed by atoms with Crippen molar-refractivity contribution >= 4 is 34.6 Å². The quantitative estimate of drug-likeness (QED) is 0.850. The lowest BCUT2D eigenvalue weighted by Gasteiger charge is -2.20. The van der Waals surface area contributed by atoms with Crippen LogP contribution in [-0.2, 0) is 4.79 Å². The van der Waals surface area contributed by atoms with Gasteiger partial charge in [0.2, 0.25) is 5.91 Å². The molecule has 0 aliphatic carbocycles. The highest BCUT2D eigenvalue weighted by Gasteiger charge is 2.31. The summed E-state index contributed by atoms with van der Waals surface area (Å²) in [6, 6.07) is 9.70. The van der Waals surface area contributed by atoms with Gasteiger partial charge in [-0.3, -0.25) is 9.78 Å². The molecule has 22 heavy (non-hydrogen) atoms. The Morgan fingerprint density at radius 1 is 1.41 bits per heavy atom. The Balaban J connectivity index is 1.66. The SMILES string of the molecule is O=C(C=Cc1ccnc2ccccc12)NCC1(O)CCSC1. The van der Waals surface area contributed by atoms with Gasteiger partial charge in [-0.05, 0) is 35.9 Å². The third-order valence-electron chi connectivity index (χ3n) is 3.77. The Morgan fingerprint density at radius 2 is 2.27 bits per heavy atom. The van der Waals surface area contributed by atoms with Crippen LogP contribution in [0, 0.1) is 0 Å². The molecule has 0 bridgehead atoms. The number of para-hydroxylation sites is 1. The first-order valence-corrected chi connectivity index (χ1v) is 8.42. The first-order chi connectivity index (χ1) is 10.7. The van der Waals surface area contributed by atoms with Crippen molar-refractivity contribution in [2.24, 2.45) is 0 Å². The second-order valence-corrected chi connectivity index (χ2v) is 6.60. The predicted octanol–water partition coefficient (Wildman–Crippen LogP) is 2.23. The molecule has 1 atom stereocenters. The minimum atomic E-state index is -0.752. The Morgan fingerprint density at radius 3 is 3.09 bits per heavy atom. The normalized spacial score (nSPS) is 21.5. The number of fused-ring (bicyclic) bond motifs is 1. The highest BCUT2D eigenvalue weighted by Crippen LogP contribution is 2.26. The van der Waals surface area contributed by atoms with E-state index >= 15 is 0 Å². The zero-order valence-electron chi connectivity index (χ0n) is 12.2. The van der Waals surface area contributed by atoms with Gasteiger partial charge in [0, 0.05) is 30.0 Å². The zero-order chi connectivity index (χ0) is 15.4. The van der Waals surface area contributed by atoms with Crippen LogP contribution in [0.15, 0.2) is 42.6 Å². The van der Waals surface area contributed by atoms with Crippen LogP contribution in [-0.4, -0.2) is 39.6 Å². The zero-order valence-corrected chi connectivity index (χ0v) is 13.0. The summed E-state index contributed by atoms with van der Waals surface area (Å²) in [5, 5.41) is 14.0. The molecule has 0 radical (unpaired) electrons. The molecule has 1 unspecified atom stereocenters. The number of nitrogens with zero attached hydrogens (tertiary/aromatic N) is 1. The smallest absolute Gasteiger partial charge is 0.244 e. The maximum absolute atomic E-state index is 11.9. The van der Waals surface area contributed by atoms with Gasteiger partial charge in [-0.1, -0.05) is 18.2 Å². The standard InChI is InChI=1S/C17H18N2O2S/c20-16(19-11-17(21)8-10-22-12-17)6-5-13-7-9-18-15-4-2-1-3-14(13)15/h1-7,9,21H,8,10-12H2,(H,19,20). The van der Waals surface area contributed by atoms with Crippen LogP contribution < -0.4 is 5.32 Å². The van der Waals surface area contributed by atoms with Crippen molar-refractivity contribution in [3.63, 3.8) is 0 Å². The highest BCUT2D eigenvalue weighted by atomic mass is 32.2. The Kier molecular flexibility index (Phi) is 4.45. The number of rotatable bonds is 4. The van der Waals surface area contributed by atoms with Gasteiger partial charge >= 0.3 is 0 Å². The largest absolute Gasteiger partial charge is 0.387 e. The van der Waals surface area contributed by atoms with Crippen LogP contribution in [0.1, 0.15) is 12.0 Å². The van der Waals surface area contributed by atoms with Crippen molar-refractivity contribution in [1.82, 2.24) is 10.3 Å². The second kappa shape index (κ2) is 6.50. The van der Waals surface area contributed by atoms with Crippen molar-refractivity contribution in [3.8, 4) is 0 Å². The third-order valence-corrected chi connectivity index (χ3v) is 5.01. The molecular weight excluding hydrogens is 296 g/mol. The minimum Gasteiger partial charge on any atom is -0.387 e. The van der Waals surface area contributed by atoms with E-state index in [0.717, 1.165) is 28.6 Å². The average Bonchev–Trinajstić information content (AvgIpc) is 2.98. The fourth-order valence-corrected chi connectivity index (χ4v) is 3.77. The molecule has 1 aromatic heterocycles. The van der Waals surface area contributed by atoms with Crippen LogP contribution in [0.25, 0.3) is 17.0 Å². The molecule has 1 amide bonds. The number of aliphatic hydroxyl groups is 1. The van der Waals surface area contributed by atoms with Crippen LogP contribution in [0.5, 0.6) is 0 Å². The van der Waals surface area contributed by atoms with Crippen LogP contribution >= 0.6 is 11.8 Å². The number of benzene rings is 1. The lowest BCUT2D eigenvalue weighted by atomic mass is 10.0. The lowest BCUT2D eigenvalue weighted by molar-refractivity contribution is -0.117. The number of aromatic nitrogens is 1. The molecule has 5 heteroatoms. The summed E-state index contributed by atoms with van der Waals surface area (Å²) in [4.78, 5) is 16.2. The number of hydrogen-bond acceptors (Lipinski definition) is 4. The van der Waals surface area contributed by atoms with Crippen molar-refractivity contribution in [1.29, 1.82) is 0 Å². The van der Waals surface area contributed by atoms with Crippen molar-refractivity contribution in [3.05, 3.63) is 48.2 Å². The molecule has 1 saturated heterocycles. The molecule has 1 fully saturated rings. The van der Waals surface area contributed by atoms with E-state index in [4.69, 9.17) is 0 Å². The molecule has 114 valence electrons. The third kappa shape index (κ3) is 3.48. The topological polar surface area (TPSA) is 62.2 Å². The van der Waals surface area contributed by atoms with Gasteiger partial charge in [0.15, 0.2) is 0 Å². The number of nitrogens with one attached hydrogen (secondary N) is 1. The first kappa shape index (κ1) is 15.1. The maximum Gasteiger partial charge on any atom is 0.244 e. The van der Waals surface area contributed by atoms with Gasteiger partial charge in [0.1, 0.15) is 0 Å². The van der Waals surface area contributed by atoms with Crippen LogP contribution in [0.3, 0.4) is 0 Å². The molecule has 2 aromatic rings. The monoisotopic (exact) mass is 314 g/mol. The number of amides is 1. The molecule has 4 nitrogen and oxygen atoms in total. The van der Waals surface area contributed by atoms with Gasteiger partial charge in [0.25, 0.3) is 0 Å². The second-order valence-electron chi connectivity index (χ2n) is 5.50. The summed E-state index contributed by atoms with van der Waals surface area (Å²) in [6.07, 6.45) is 5.76. The molecule has 2 heterocycles. The first-order valence-electron chi connectivity index (χ1n) is 7.26. The molecular formula is C17H18N2O2S. The molecule has 1 aliphatic heterocycles. The van der Waals surface area contributed by atoms with Gasteiger partial charge in [0.05, 0.1) is 11.1 Å². The molecule has 1 aromatic carbocycles. The molecule has 0 spiro atoms. The molecule has 2 N–H and O–H groups in total. The fourth-order valence-electron chi connectivity index (χ4n) is 2.48. The van der Waals surface area contributed by atoms with E-state index in [1.165, 1.54) is 6.08 Å². The Hall–Kier alpha value is -1.85. The lowest BCUT2D eigenvalue weighted by Crippen LogP contribution is -2.42. The van der Waals surface area contributed by atoms with E-state index in [1.807, 2.05) is 30.3 Å². The van der Waals surface area contributed by atoms with E-state index in [-0.39, 0.29) is 5.91 Å². The Bertz CT molecular complexity index is 703. The summed E-state index contributed by atoms with van der Waals surface area (Å²) in [6.45, 7) is 0.306. The molecule has 1 aliphatic rings. The van der Waals surface area contributed by atoms with E-state index in [1.54, 1.807) is 24.0 Å². The number of carbonyl (C=O) groups is 1. The van der Waals surface area contributed by atoms with Crippen LogP contribution in [0.2, 0.25) is 0 Å². The van der Waals surface area contributed by atoms with Crippen molar-refractivity contribution in [2.75, 3.05) is 18.1 Å². The van der Waals surface area contributed by atoms with Crippen molar-refractivity contribution in [2.45, 2.75) is 12.0 Å². The highest BCUT2D eigenvalue weighted by molar-refractivity contribution is 7.99. The predicted molar refractivity (Wildman–Crippen MR) is 90.7 cm³/mol. The molecule has 3 rings (SSSR count). The van der Waals surface area contributed by atoms with E-state index < -0.39 is 5.60 Å². The number of hydrogen-bond donors (Lipinski definition) is 2. The van der Waals surface area contributed by atoms with Crippen LogP contribution in [0.4, 0.5) is 0 Å². The number of pyridine rings is 1. The average molecular weight is 314 g/mol. The van der Waals surface area contributed by atoms with Crippen molar-refractivity contribution < 1.29 is 9.90 Å². The van der Waals surface area contributed by atoms with E-state index in [0.29, 0.717) is 12.3 Å². The number of carbonyl (C=O) groups excluding carboxylic acids is 1. The Labute approximate surface area is 133 Å².